The van der Waals surface area contributed by atoms with Gasteiger partial charge in [0.1, 0.15) is 11.5 Å². The van der Waals surface area contributed by atoms with Gasteiger partial charge in [0.2, 0.25) is 0 Å². The highest BCUT2D eigenvalue weighted by Crippen LogP contribution is 2.25. The van der Waals surface area contributed by atoms with E-state index in [0.717, 1.165) is 29.0 Å². The summed E-state index contributed by atoms with van der Waals surface area (Å²) in [6.07, 6.45) is 2.50. The van der Waals surface area contributed by atoms with Crippen LogP contribution in [0.3, 0.4) is 0 Å². The SMILES string of the molecule is COc1ccc2c(c1)[nH]c(=S)n2C(C)Cc1ccco1. The lowest BCUT2D eigenvalue weighted by atomic mass is 10.2. The maximum atomic E-state index is 5.44. The minimum Gasteiger partial charge on any atom is -0.497 e. The Morgan fingerprint density at radius 1 is 1.40 bits per heavy atom. The number of ether oxygens (including phenoxy) is 1. The molecule has 104 valence electrons. The normalized spacial score (nSPS) is 12.7. The Hall–Kier alpha value is -2.01. The van der Waals surface area contributed by atoms with Crippen molar-refractivity contribution in [1.29, 1.82) is 0 Å². The molecule has 20 heavy (non-hydrogen) atoms. The molecule has 0 aliphatic rings. The van der Waals surface area contributed by atoms with Crippen molar-refractivity contribution in [2.75, 3.05) is 7.11 Å². The van der Waals surface area contributed by atoms with Crippen LogP contribution in [0.15, 0.2) is 41.0 Å². The third-order valence-electron chi connectivity index (χ3n) is 3.44. The maximum Gasteiger partial charge on any atom is 0.178 e. The molecule has 0 amide bonds. The number of aromatic amines is 1. The van der Waals surface area contributed by atoms with E-state index in [1.165, 1.54) is 0 Å². The summed E-state index contributed by atoms with van der Waals surface area (Å²) in [6, 6.07) is 10.0. The van der Waals surface area contributed by atoms with E-state index in [2.05, 4.69) is 16.5 Å². The predicted molar refractivity (Wildman–Crippen MR) is 80.8 cm³/mol. The van der Waals surface area contributed by atoms with Crippen LogP contribution in [0, 0.1) is 4.77 Å². The van der Waals surface area contributed by atoms with Crippen molar-refractivity contribution in [3.8, 4) is 5.75 Å². The first-order valence-corrected chi connectivity index (χ1v) is 6.90. The number of imidazole rings is 1. The molecule has 0 bridgehead atoms. The number of rotatable bonds is 4. The molecule has 1 N–H and O–H groups in total. The largest absolute Gasteiger partial charge is 0.497 e. The zero-order valence-corrected chi connectivity index (χ0v) is 12.2. The number of benzene rings is 1. The molecule has 5 heteroatoms. The number of aromatic nitrogens is 2. The average Bonchev–Trinajstić information content (AvgIpc) is 3.03. The van der Waals surface area contributed by atoms with Gasteiger partial charge < -0.3 is 18.7 Å². The van der Waals surface area contributed by atoms with Crippen LogP contribution < -0.4 is 4.74 Å². The predicted octanol–water partition coefficient (Wildman–Crippen LogP) is 4.10. The Kier molecular flexibility index (Phi) is 3.36. The van der Waals surface area contributed by atoms with Gasteiger partial charge >= 0.3 is 0 Å². The Morgan fingerprint density at radius 2 is 2.25 bits per heavy atom. The van der Waals surface area contributed by atoms with Crippen LogP contribution in [-0.2, 0) is 6.42 Å². The number of methoxy groups -OCH3 is 1. The van der Waals surface area contributed by atoms with E-state index in [4.69, 9.17) is 21.4 Å². The van der Waals surface area contributed by atoms with Crippen LogP contribution in [0.5, 0.6) is 5.75 Å². The molecule has 0 fully saturated rings. The topological polar surface area (TPSA) is 43.1 Å². The second-order valence-corrected chi connectivity index (χ2v) is 5.20. The second-order valence-electron chi connectivity index (χ2n) is 4.82. The Bertz CT molecular complexity index is 771. The van der Waals surface area contributed by atoms with Crippen LogP contribution in [0.1, 0.15) is 18.7 Å². The highest BCUT2D eigenvalue weighted by molar-refractivity contribution is 7.71. The van der Waals surface area contributed by atoms with Crippen LogP contribution in [0.4, 0.5) is 0 Å². The van der Waals surface area contributed by atoms with Crippen molar-refractivity contribution in [2.45, 2.75) is 19.4 Å². The molecule has 1 atom stereocenters. The van der Waals surface area contributed by atoms with Crippen molar-refractivity contribution < 1.29 is 9.15 Å². The van der Waals surface area contributed by atoms with Gasteiger partial charge in [0, 0.05) is 18.5 Å². The lowest BCUT2D eigenvalue weighted by Gasteiger charge is -2.13. The number of hydrogen-bond acceptors (Lipinski definition) is 3. The molecule has 3 rings (SSSR count). The number of nitrogens with one attached hydrogen (secondary N) is 1. The zero-order valence-electron chi connectivity index (χ0n) is 11.4. The fraction of sp³-hybridized carbons (Fsp3) is 0.267. The van der Waals surface area contributed by atoms with Crippen molar-refractivity contribution in [1.82, 2.24) is 9.55 Å². The summed E-state index contributed by atoms with van der Waals surface area (Å²) in [7, 11) is 1.66. The molecule has 1 aromatic carbocycles. The van der Waals surface area contributed by atoms with Gasteiger partial charge in [-0.05, 0) is 43.4 Å². The van der Waals surface area contributed by atoms with E-state index < -0.39 is 0 Å². The minimum atomic E-state index is 0.218. The number of nitrogens with zero attached hydrogens (tertiary/aromatic N) is 1. The molecule has 0 saturated heterocycles. The molecule has 2 heterocycles. The summed E-state index contributed by atoms with van der Waals surface area (Å²) < 4.78 is 13.5. The molecular formula is C15H16N2O2S. The molecule has 0 radical (unpaired) electrons. The van der Waals surface area contributed by atoms with Crippen molar-refractivity contribution in [3.05, 3.63) is 47.1 Å². The summed E-state index contributed by atoms with van der Waals surface area (Å²) in [5.74, 6) is 1.78. The van der Waals surface area contributed by atoms with Gasteiger partial charge in [0.15, 0.2) is 4.77 Å². The third-order valence-corrected chi connectivity index (χ3v) is 3.74. The van der Waals surface area contributed by atoms with Gasteiger partial charge in [0.05, 0.1) is 24.4 Å². The second kappa shape index (κ2) is 5.17. The summed E-state index contributed by atoms with van der Waals surface area (Å²) in [6.45, 7) is 2.13. The van der Waals surface area contributed by atoms with Gasteiger partial charge in [-0.25, -0.2) is 0 Å². The van der Waals surface area contributed by atoms with E-state index in [-0.39, 0.29) is 6.04 Å². The first-order chi connectivity index (χ1) is 9.69. The van der Waals surface area contributed by atoms with Crippen LogP contribution >= 0.6 is 12.2 Å². The third kappa shape index (κ3) is 2.25. The van der Waals surface area contributed by atoms with Crippen molar-refractivity contribution in [3.63, 3.8) is 0 Å². The van der Waals surface area contributed by atoms with E-state index in [0.29, 0.717) is 4.77 Å². The summed E-state index contributed by atoms with van der Waals surface area (Å²) in [5.41, 5.74) is 2.07. The van der Waals surface area contributed by atoms with E-state index >= 15 is 0 Å². The van der Waals surface area contributed by atoms with Gasteiger partial charge in [-0.2, -0.15) is 0 Å². The molecule has 0 aliphatic carbocycles. The first-order valence-electron chi connectivity index (χ1n) is 6.49. The van der Waals surface area contributed by atoms with E-state index in [1.54, 1.807) is 13.4 Å². The lowest BCUT2D eigenvalue weighted by Crippen LogP contribution is -2.07. The molecule has 4 nitrogen and oxygen atoms in total. The molecular weight excluding hydrogens is 272 g/mol. The van der Waals surface area contributed by atoms with Crippen LogP contribution in [-0.4, -0.2) is 16.7 Å². The van der Waals surface area contributed by atoms with Gasteiger partial charge in [-0.15, -0.1) is 0 Å². The highest BCUT2D eigenvalue weighted by atomic mass is 32.1. The molecule has 3 aromatic rings. The van der Waals surface area contributed by atoms with E-state index in [9.17, 15) is 0 Å². The Labute approximate surface area is 122 Å². The number of fused-ring (bicyclic) bond motifs is 1. The molecule has 2 aromatic heterocycles. The van der Waals surface area contributed by atoms with Gasteiger partial charge in [-0.1, -0.05) is 0 Å². The zero-order chi connectivity index (χ0) is 14.1. The highest BCUT2D eigenvalue weighted by Gasteiger charge is 2.13. The van der Waals surface area contributed by atoms with Gasteiger partial charge in [-0.3, -0.25) is 0 Å². The van der Waals surface area contributed by atoms with Crippen LogP contribution in [0.25, 0.3) is 11.0 Å². The average molecular weight is 288 g/mol. The van der Waals surface area contributed by atoms with Crippen LogP contribution in [0.2, 0.25) is 0 Å². The fourth-order valence-electron chi connectivity index (χ4n) is 2.49. The molecule has 0 saturated carbocycles. The maximum absolute atomic E-state index is 5.44. The number of H-pyrrole nitrogens is 1. The van der Waals surface area contributed by atoms with Crippen molar-refractivity contribution in [2.24, 2.45) is 0 Å². The molecule has 1 unspecified atom stereocenters. The summed E-state index contributed by atoms with van der Waals surface area (Å²) >= 11 is 5.44. The Balaban J connectivity index is 2.02. The summed E-state index contributed by atoms with van der Waals surface area (Å²) in [5, 5.41) is 0. The quantitative estimate of drug-likeness (QED) is 0.735. The van der Waals surface area contributed by atoms with E-state index in [1.807, 2.05) is 30.3 Å². The fourth-order valence-corrected chi connectivity index (χ4v) is 2.87. The number of furan rings is 1. The van der Waals surface area contributed by atoms with Crippen molar-refractivity contribution >= 4 is 23.3 Å². The Morgan fingerprint density at radius 3 is 2.95 bits per heavy atom. The van der Waals surface area contributed by atoms with Gasteiger partial charge in [0.25, 0.3) is 0 Å². The minimum absolute atomic E-state index is 0.218. The monoisotopic (exact) mass is 288 g/mol. The number of hydrogen-bond donors (Lipinski definition) is 1. The summed E-state index contributed by atoms with van der Waals surface area (Å²) in [4.78, 5) is 3.23. The molecule has 0 spiro atoms. The lowest BCUT2D eigenvalue weighted by molar-refractivity contribution is 0.415. The first kappa shape index (κ1) is 13.0. The smallest absolute Gasteiger partial charge is 0.178 e. The molecule has 0 aliphatic heterocycles. The standard InChI is InChI=1S/C15H16N2O2S/c1-10(8-12-4-3-7-19-12)17-14-6-5-11(18-2)9-13(14)16-15(17)20/h3-7,9-10H,8H2,1-2H3,(H,16,20).